The fraction of sp³-hybridized carbons (Fsp3) is 0.235. The lowest BCUT2D eigenvalue weighted by molar-refractivity contribution is -0.155. The van der Waals surface area contributed by atoms with Gasteiger partial charge in [-0.2, -0.15) is 0 Å². The molecule has 0 spiro atoms. The first-order valence-electron chi connectivity index (χ1n) is 6.70. The first kappa shape index (κ1) is 11.7. The third-order valence-corrected chi connectivity index (χ3v) is 4.32. The zero-order chi connectivity index (χ0) is 13.8. The number of carbonyl (C=O) groups is 1. The van der Waals surface area contributed by atoms with Crippen molar-refractivity contribution in [3.05, 3.63) is 71.8 Å². The maximum absolute atomic E-state index is 12.2. The van der Waals surface area contributed by atoms with E-state index >= 15 is 0 Å². The molecule has 100 valence electrons. The minimum absolute atomic E-state index is 0.282. The van der Waals surface area contributed by atoms with Crippen LogP contribution in [-0.4, -0.2) is 11.6 Å². The molecule has 20 heavy (non-hydrogen) atoms. The van der Waals surface area contributed by atoms with E-state index in [4.69, 9.17) is 9.47 Å². The Bertz CT molecular complexity index is 667. The lowest BCUT2D eigenvalue weighted by atomic mass is 9.82. The Morgan fingerprint density at radius 2 is 1.55 bits per heavy atom. The second-order valence-corrected chi connectivity index (χ2v) is 5.43. The van der Waals surface area contributed by atoms with Crippen LogP contribution in [0.25, 0.3) is 0 Å². The van der Waals surface area contributed by atoms with Crippen molar-refractivity contribution < 1.29 is 14.3 Å². The van der Waals surface area contributed by atoms with Gasteiger partial charge in [0.05, 0.1) is 0 Å². The molecular formula is C17H14O3. The Labute approximate surface area is 117 Å². The van der Waals surface area contributed by atoms with Gasteiger partial charge in [-0.3, -0.25) is 0 Å². The number of rotatable bonds is 2. The molecule has 0 amide bonds. The van der Waals surface area contributed by atoms with Gasteiger partial charge in [-0.25, -0.2) is 4.79 Å². The van der Waals surface area contributed by atoms with E-state index in [9.17, 15) is 4.79 Å². The minimum Gasteiger partial charge on any atom is -0.452 e. The first-order valence-corrected chi connectivity index (χ1v) is 6.70. The van der Waals surface area contributed by atoms with Crippen molar-refractivity contribution in [1.82, 2.24) is 0 Å². The van der Waals surface area contributed by atoms with Crippen LogP contribution in [0.3, 0.4) is 0 Å². The summed E-state index contributed by atoms with van der Waals surface area (Å²) in [6.45, 7) is 1.81. The van der Waals surface area contributed by atoms with Gasteiger partial charge in [0.1, 0.15) is 0 Å². The molecule has 3 heteroatoms. The fourth-order valence-corrected chi connectivity index (χ4v) is 3.20. The molecule has 2 heterocycles. The van der Waals surface area contributed by atoms with Crippen LogP contribution in [0.4, 0.5) is 0 Å². The second kappa shape index (κ2) is 3.70. The largest absolute Gasteiger partial charge is 0.452 e. The van der Waals surface area contributed by atoms with Gasteiger partial charge >= 0.3 is 5.97 Å². The molecule has 0 aromatic heterocycles. The van der Waals surface area contributed by atoms with Crippen molar-refractivity contribution in [3.63, 3.8) is 0 Å². The van der Waals surface area contributed by atoms with Crippen molar-refractivity contribution in [2.75, 3.05) is 0 Å². The number of esters is 1. The van der Waals surface area contributed by atoms with Gasteiger partial charge in [-0.1, -0.05) is 60.7 Å². The number of cyclic esters (lactones) is 1. The molecule has 0 radical (unpaired) electrons. The Kier molecular flexibility index (Phi) is 2.16. The third-order valence-electron chi connectivity index (χ3n) is 4.32. The van der Waals surface area contributed by atoms with Crippen molar-refractivity contribution >= 4 is 5.97 Å². The van der Waals surface area contributed by atoms with E-state index in [2.05, 4.69) is 0 Å². The highest BCUT2D eigenvalue weighted by molar-refractivity contribution is 5.88. The van der Waals surface area contributed by atoms with Crippen molar-refractivity contribution in [2.24, 2.45) is 0 Å². The number of epoxide rings is 1. The number of hydrogen-bond acceptors (Lipinski definition) is 3. The van der Waals surface area contributed by atoms with E-state index in [1.165, 1.54) is 0 Å². The van der Waals surface area contributed by atoms with Gasteiger partial charge in [0, 0.05) is 0 Å². The summed E-state index contributed by atoms with van der Waals surface area (Å²) in [6.07, 6.45) is -0.386. The summed E-state index contributed by atoms with van der Waals surface area (Å²) in [5, 5.41) is 0. The van der Waals surface area contributed by atoms with Gasteiger partial charge in [0.25, 0.3) is 0 Å². The van der Waals surface area contributed by atoms with E-state index in [1.807, 2.05) is 67.6 Å². The number of fused-ring (bicyclic) bond motifs is 1. The van der Waals surface area contributed by atoms with E-state index in [1.54, 1.807) is 0 Å². The minimum atomic E-state index is -0.866. The van der Waals surface area contributed by atoms with Crippen molar-refractivity contribution in [1.29, 1.82) is 0 Å². The molecular weight excluding hydrogens is 252 g/mol. The SMILES string of the molecule is C[C@]12O[C@@]1(c1ccccc1)[C@H](c1ccccc1)OC2=O. The number of carbonyl (C=O) groups excluding carboxylic acids is 1. The summed E-state index contributed by atoms with van der Waals surface area (Å²) in [7, 11) is 0. The fourth-order valence-electron chi connectivity index (χ4n) is 3.20. The van der Waals surface area contributed by atoms with Crippen LogP contribution in [0.2, 0.25) is 0 Å². The van der Waals surface area contributed by atoms with Crippen LogP contribution < -0.4 is 0 Å². The summed E-state index contributed by atoms with van der Waals surface area (Å²) in [5.41, 5.74) is 0.398. The predicted molar refractivity (Wildman–Crippen MR) is 72.9 cm³/mol. The Morgan fingerprint density at radius 1 is 0.950 bits per heavy atom. The molecule has 2 fully saturated rings. The molecule has 3 atom stereocenters. The molecule has 0 N–H and O–H groups in total. The standard InChI is InChI=1S/C17H14O3/c1-16-15(18)19-14(12-8-4-2-5-9-12)17(16,20-16)13-10-6-3-7-11-13/h2-11,14H,1H3/t14-,16+,17-/m0/s1. The summed E-state index contributed by atoms with van der Waals surface area (Å²) in [4.78, 5) is 12.2. The number of benzene rings is 2. The van der Waals surface area contributed by atoms with Gasteiger partial charge in [-0.15, -0.1) is 0 Å². The predicted octanol–water partition coefficient (Wildman–Crippen LogP) is 2.97. The molecule has 2 aliphatic heterocycles. The maximum Gasteiger partial charge on any atom is 0.342 e. The first-order chi connectivity index (χ1) is 9.68. The average molecular weight is 266 g/mol. The van der Waals surface area contributed by atoms with Gasteiger partial charge < -0.3 is 9.47 Å². The molecule has 3 nitrogen and oxygen atoms in total. The Balaban J connectivity index is 1.87. The van der Waals surface area contributed by atoms with Crippen LogP contribution in [0.15, 0.2) is 60.7 Å². The summed E-state index contributed by atoms with van der Waals surface area (Å²) < 4.78 is 11.5. The van der Waals surface area contributed by atoms with Gasteiger partial charge in [0.15, 0.2) is 11.7 Å². The topological polar surface area (TPSA) is 38.8 Å². The van der Waals surface area contributed by atoms with Crippen LogP contribution in [-0.2, 0) is 19.9 Å². The van der Waals surface area contributed by atoms with Crippen molar-refractivity contribution in [3.8, 4) is 0 Å². The quantitative estimate of drug-likeness (QED) is 0.619. The third kappa shape index (κ3) is 1.26. The lowest BCUT2D eigenvalue weighted by Gasteiger charge is -2.20. The lowest BCUT2D eigenvalue weighted by Crippen LogP contribution is -2.23. The molecule has 0 unspecified atom stereocenters. The molecule has 2 aromatic carbocycles. The smallest absolute Gasteiger partial charge is 0.342 e. The zero-order valence-corrected chi connectivity index (χ0v) is 11.1. The highest BCUT2D eigenvalue weighted by Crippen LogP contribution is 2.68. The number of hydrogen-bond donors (Lipinski definition) is 0. The zero-order valence-electron chi connectivity index (χ0n) is 11.1. The Hall–Kier alpha value is -2.13. The molecule has 0 bridgehead atoms. The molecule has 4 rings (SSSR count). The van der Waals surface area contributed by atoms with Crippen LogP contribution >= 0.6 is 0 Å². The normalized spacial score (nSPS) is 34.5. The summed E-state index contributed by atoms with van der Waals surface area (Å²) >= 11 is 0. The van der Waals surface area contributed by atoms with E-state index < -0.39 is 11.2 Å². The Morgan fingerprint density at radius 3 is 2.15 bits per heavy atom. The highest BCUT2D eigenvalue weighted by atomic mass is 16.7. The maximum atomic E-state index is 12.2. The van der Waals surface area contributed by atoms with Crippen LogP contribution in [0.1, 0.15) is 24.2 Å². The van der Waals surface area contributed by atoms with E-state index in [-0.39, 0.29) is 12.1 Å². The van der Waals surface area contributed by atoms with Gasteiger partial charge in [-0.05, 0) is 18.1 Å². The second-order valence-electron chi connectivity index (χ2n) is 5.43. The van der Waals surface area contributed by atoms with Crippen LogP contribution in [0, 0.1) is 0 Å². The molecule has 0 saturated carbocycles. The number of ether oxygens (including phenoxy) is 2. The van der Waals surface area contributed by atoms with E-state index in [0.717, 1.165) is 11.1 Å². The molecule has 2 aromatic rings. The molecule has 0 aliphatic carbocycles. The molecule has 2 saturated heterocycles. The van der Waals surface area contributed by atoms with E-state index in [0.29, 0.717) is 0 Å². The summed E-state index contributed by atoms with van der Waals surface area (Å²) in [5.74, 6) is -0.282. The van der Waals surface area contributed by atoms with Gasteiger partial charge in [0.2, 0.25) is 5.60 Å². The van der Waals surface area contributed by atoms with Crippen molar-refractivity contribution in [2.45, 2.75) is 24.2 Å². The highest BCUT2D eigenvalue weighted by Gasteiger charge is 2.82. The molecule has 2 aliphatic rings. The average Bonchev–Trinajstić information content (AvgIpc) is 3.08. The monoisotopic (exact) mass is 266 g/mol. The van der Waals surface area contributed by atoms with Crippen LogP contribution in [0.5, 0.6) is 0 Å². The summed E-state index contributed by atoms with van der Waals surface area (Å²) in [6, 6.07) is 19.6.